The Hall–Kier alpha value is -4.19. The standard InChI is InChI=1S/C31H27NO5/c1-16-5-7-18(3)24(13-16)32-29(33)26-22(19-8-10-20(36-4)11-9-19)15-23-21-12-6-17(2)14-25(21)37-31(35)27(23)28(26)30(32)34/h5-15,22,26-28H,1-4H3/t22-,26-,27-,28+/m0/s1. The van der Waals surface area contributed by atoms with Crippen molar-refractivity contribution in [1.82, 2.24) is 0 Å². The number of allylic oxidation sites excluding steroid dienone is 1. The van der Waals surface area contributed by atoms with E-state index in [0.717, 1.165) is 33.4 Å². The molecule has 4 atom stereocenters. The molecule has 0 spiro atoms. The number of hydrogen-bond acceptors (Lipinski definition) is 5. The highest BCUT2D eigenvalue weighted by molar-refractivity contribution is 6.25. The minimum absolute atomic E-state index is 0.290. The Kier molecular flexibility index (Phi) is 5.30. The van der Waals surface area contributed by atoms with E-state index >= 15 is 0 Å². The van der Waals surface area contributed by atoms with Gasteiger partial charge in [-0.15, -0.1) is 0 Å². The van der Waals surface area contributed by atoms with Crippen molar-refractivity contribution >= 4 is 29.0 Å². The van der Waals surface area contributed by atoms with Crippen LogP contribution in [0.4, 0.5) is 5.69 Å². The summed E-state index contributed by atoms with van der Waals surface area (Å²) in [4.78, 5) is 42.9. The Morgan fingerprint density at radius 2 is 1.49 bits per heavy atom. The van der Waals surface area contributed by atoms with E-state index < -0.39 is 29.6 Å². The predicted molar refractivity (Wildman–Crippen MR) is 139 cm³/mol. The van der Waals surface area contributed by atoms with Crippen LogP contribution in [0.3, 0.4) is 0 Å². The van der Waals surface area contributed by atoms with Gasteiger partial charge in [-0.05, 0) is 72.9 Å². The van der Waals surface area contributed by atoms with Gasteiger partial charge in [0, 0.05) is 11.5 Å². The van der Waals surface area contributed by atoms with Crippen LogP contribution >= 0.6 is 0 Å². The third-order valence-electron chi connectivity index (χ3n) is 7.86. The second-order valence-corrected chi connectivity index (χ2v) is 10.2. The summed E-state index contributed by atoms with van der Waals surface area (Å²) in [5, 5.41) is 0. The number of benzene rings is 3. The van der Waals surface area contributed by atoms with Gasteiger partial charge in [-0.2, -0.15) is 0 Å². The molecule has 6 heteroatoms. The van der Waals surface area contributed by atoms with Gasteiger partial charge >= 0.3 is 5.97 Å². The summed E-state index contributed by atoms with van der Waals surface area (Å²) in [5.74, 6) is -2.77. The molecule has 3 aromatic carbocycles. The molecule has 6 rings (SSSR count). The minimum Gasteiger partial charge on any atom is -0.497 e. The molecule has 186 valence electrons. The maximum Gasteiger partial charge on any atom is 0.319 e. The SMILES string of the molecule is COc1ccc([C@@H]2C=C3c4ccc(C)cc4OC(=O)[C@@H]3[C@@H]3C(=O)N(c4cc(C)ccc4C)C(=O)[C@H]32)cc1. The Balaban J connectivity index is 1.55. The number of anilines is 1. The highest BCUT2D eigenvalue weighted by Gasteiger charge is 2.60. The van der Waals surface area contributed by atoms with E-state index in [2.05, 4.69) is 0 Å². The average molecular weight is 494 g/mol. The van der Waals surface area contributed by atoms with E-state index in [1.807, 2.05) is 87.5 Å². The lowest BCUT2D eigenvalue weighted by atomic mass is 9.64. The third kappa shape index (κ3) is 3.50. The molecule has 3 aliphatic rings. The van der Waals surface area contributed by atoms with Gasteiger partial charge in [-0.1, -0.05) is 42.5 Å². The van der Waals surface area contributed by atoms with E-state index in [0.29, 0.717) is 17.2 Å². The van der Waals surface area contributed by atoms with Crippen LogP contribution in [0.15, 0.2) is 66.7 Å². The summed E-state index contributed by atoms with van der Waals surface area (Å²) in [6, 6.07) is 19.0. The van der Waals surface area contributed by atoms with Crippen molar-refractivity contribution in [2.24, 2.45) is 17.8 Å². The number of aryl methyl sites for hydroxylation is 3. The van der Waals surface area contributed by atoms with Crippen LogP contribution in [-0.4, -0.2) is 24.9 Å². The van der Waals surface area contributed by atoms with Crippen molar-refractivity contribution in [3.8, 4) is 11.5 Å². The monoisotopic (exact) mass is 493 g/mol. The van der Waals surface area contributed by atoms with Gasteiger partial charge in [-0.3, -0.25) is 14.4 Å². The van der Waals surface area contributed by atoms with Crippen molar-refractivity contribution in [3.05, 3.63) is 94.6 Å². The van der Waals surface area contributed by atoms with Crippen molar-refractivity contribution in [3.63, 3.8) is 0 Å². The van der Waals surface area contributed by atoms with E-state index in [1.54, 1.807) is 7.11 Å². The summed E-state index contributed by atoms with van der Waals surface area (Å²) >= 11 is 0. The fourth-order valence-electron chi connectivity index (χ4n) is 6.02. The molecule has 6 nitrogen and oxygen atoms in total. The summed E-state index contributed by atoms with van der Waals surface area (Å²) < 4.78 is 11.1. The lowest BCUT2D eigenvalue weighted by Crippen LogP contribution is -2.42. The van der Waals surface area contributed by atoms with Crippen LogP contribution in [0.1, 0.15) is 33.7 Å². The molecule has 2 amide bonds. The highest BCUT2D eigenvalue weighted by Crippen LogP contribution is 2.55. The number of carbonyl (C=O) groups is 3. The van der Waals surface area contributed by atoms with Crippen LogP contribution in [-0.2, 0) is 14.4 Å². The van der Waals surface area contributed by atoms with Gasteiger partial charge in [0.2, 0.25) is 11.8 Å². The fraction of sp³-hybridized carbons (Fsp3) is 0.258. The number of methoxy groups -OCH3 is 1. The quantitative estimate of drug-likeness (QED) is 0.287. The van der Waals surface area contributed by atoms with Crippen LogP contribution in [0, 0.1) is 38.5 Å². The lowest BCUT2D eigenvalue weighted by Gasteiger charge is -2.38. The summed E-state index contributed by atoms with van der Waals surface area (Å²) in [6.07, 6.45) is 2.00. The second-order valence-electron chi connectivity index (χ2n) is 10.2. The highest BCUT2D eigenvalue weighted by atomic mass is 16.5. The fourth-order valence-corrected chi connectivity index (χ4v) is 6.02. The molecule has 0 aromatic heterocycles. The Labute approximate surface area is 215 Å². The minimum atomic E-state index is -0.860. The van der Waals surface area contributed by atoms with E-state index in [4.69, 9.17) is 9.47 Å². The topological polar surface area (TPSA) is 72.9 Å². The molecule has 0 bridgehead atoms. The predicted octanol–water partition coefficient (Wildman–Crippen LogP) is 5.14. The number of imide groups is 1. The van der Waals surface area contributed by atoms with Crippen molar-refractivity contribution in [2.45, 2.75) is 26.7 Å². The van der Waals surface area contributed by atoms with Crippen molar-refractivity contribution in [1.29, 1.82) is 0 Å². The molecule has 0 saturated carbocycles. The van der Waals surface area contributed by atoms with Crippen LogP contribution in [0.5, 0.6) is 11.5 Å². The first-order valence-corrected chi connectivity index (χ1v) is 12.4. The van der Waals surface area contributed by atoms with Crippen molar-refractivity contribution < 1.29 is 23.9 Å². The van der Waals surface area contributed by atoms with E-state index in [1.165, 1.54) is 4.90 Å². The van der Waals surface area contributed by atoms with Gasteiger partial charge in [0.25, 0.3) is 0 Å². The maximum atomic E-state index is 14.1. The molecule has 1 fully saturated rings. The van der Waals surface area contributed by atoms with Gasteiger partial charge in [-0.25, -0.2) is 4.90 Å². The average Bonchev–Trinajstić information content (AvgIpc) is 3.14. The largest absolute Gasteiger partial charge is 0.497 e. The molecular formula is C31H27NO5. The molecule has 1 saturated heterocycles. The molecule has 2 heterocycles. The molecule has 3 aromatic rings. The van der Waals surface area contributed by atoms with Crippen LogP contribution in [0.2, 0.25) is 0 Å². The molecule has 1 aliphatic carbocycles. The van der Waals surface area contributed by atoms with Gasteiger partial charge in [0.05, 0.1) is 30.6 Å². The van der Waals surface area contributed by atoms with Gasteiger partial charge in [0.1, 0.15) is 11.5 Å². The molecule has 0 N–H and O–H groups in total. The Morgan fingerprint density at radius 3 is 2.22 bits per heavy atom. The van der Waals surface area contributed by atoms with Crippen LogP contribution < -0.4 is 14.4 Å². The molecular weight excluding hydrogens is 466 g/mol. The lowest BCUT2D eigenvalue weighted by molar-refractivity contribution is -0.142. The Bertz CT molecular complexity index is 1500. The number of ether oxygens (including phenoxy) is 2. The van der Waals surface area contributed by atoms with Crippen molar-refractivity contribution in [2.75, 3.05) is 12.0 Å². The van der Waals surface area contributed by atoms with E-state index in [9.17, 15) is 14.4 Å². The first-order valence-electron chi connectivity index (χ1n) is 12.4. The number of esters is 1. The number of fused-ring (bicyclic) bond motifs is 5. The maximum absolute atomic E-state index is 14.1. The smallest absolute Gasteiger partial charge is 0.319 e. The Morgan fingerprint density at radius 1 is 0.811 bits per heavy atom. The zero-order valence-corrected chi connectivity index (χ0v) is 21.1. The van der Waals surface area contributed by atoms with E-state index in [-0.39, 0.29) is 11.8 Å². The van der Waals surface area contributed by atoms with Gasteiger partial charge < -0.3 is 9.47 Å². The second kappa shape index (κ2) is 8.44. The summed E-state index contributed by atoms with van der Waals surface area (Å²) in [7, 11) is 1.60. The zero-order chi connectivity index (χ0) is 26.0. The number of amides is 2. The number of hydrogen-bond donors (Lipinski definition) is 0. The molecule has 0 unspecified atom stereocenters. The molecule has 0 radical (unpaired) electrons. The first-order chi connectivity index (χ1) is 17.8. The normalized spacial score (nSPS) is 24.2. The number of rotatable bonds is 3. The van der Waals surface area contributed by atoms with Gasteiger partial charge in [0.15, 0.2) is 0 Å². The summed E-state index contributed by atoms with van der Waals surface area (Å²) in [6.45, 7) is 5.75. The summed E-state index contributed by atoms with van der Waals surface area (Å²) in [5.41, 5.74) is 5.74. The first kappa shape index (κ1) is 23.2. The van der Waals surface area contributed by atoms with Crippen LogP contribution in [0.25, 0.3) is 5.57 Å². The number of nitrogens with zero attached hydrogens (tertiary/aromatic N) is 1. The zero-order valence-electron chi connectivity index (χ0n) is 21.1. The molecule has 2 aliphatic heterocycles. The number of carbonyl (C=O) groups excluding carboxylic acids is 3. The molecule has 37 heavy (non-hydrogen) atoms. The third-order valence-corrected chi connectivity index (χ3v) is 7.86.